The highest BCUT2D eigenvalue weighted by atomic mass is 16.8. The van der Waals surface area contributed by atoms with Gasteiger partial charge < -0.3 is 15.6 Å². The summed E-state index contributed by atoms with van der Waals surface area (Å²) in [4.78, 5) is 0. The van der Waals surface area contributed by atoms with Crippen molar-refractivity contribution in [3.05, 3.63) is 81.7 Å². The molecule has 8 nitrogen and oxygen atoms in total. The van der Waals surface area contributed by atoms with Gasteiger partial charge in [-0.05, 0) is 60.6 Å². The van der Waals surface area contributed by atoms with Crippen LogP contribution < -0.4 is 15.9 Å². The fourth-order valence-corrected chi connectivity index (χ4v) is 3.12. The maximum atomic E-state index is 10.9. The lowest BCUT2D eigenvalue weighted by molar-refractivity contribution is 0.0295. The van der Waals surface area contributed by atoms with Gasteiger partial charge in [-0.1, -0.05) is 42.5 Å². The number of hydrogen-bond acceptors (Lipinski definition) is 8. The van der Waals surface area contributed by atoms with Gasteiger partial charge in [-0.3, -0.25) is 15.8 Å². The topological polar surface area (TPSA) is 117 Å². The summed E-state index contributed by atoms with van der Waals surface area (Å²) in [6, 6.07) is 13.7. The van der Waals surface area contributed by atoms with E-state index in [1.807, 2.05) is 30.3 Å². The highest BCUT2D eigenvalue weighted by molar-refractivity contribution is 5.83. The lowest BCUT2D eigenvalue weighted by Gasteiger charge is -2.37. The Bertz CT molecular complexity index is 908. The van der Waals surface area contributed by atoms with Crippen molar-refractivity contribution in [1.29, 1.82) is 0 Å². The molecule has 0 heterocycles. The number of benzene rings is 2. The third kappa shape index (κ3) is 5.66. The summed E-state index contributed by atoms with van der Waals surface area (Å²) in [5.41, 5.74) is 5.97. The Morgan fingerprint density at radius 3 is 2.34 bits per heavy atom. The Morgan fingerprint density at radius 1 is 0.931 bits per heavy atom. The van der Waals surface area contributed by atoms with E-state index in [1.54, 1.807) is 6.21 Å². The maximum Gasteiger partial charge on any atom is 0.121 e. The molecule has 3 rings (SSSR count). The molecule has 0 unspecified atom stereocenters. The molecule has 2 aromatic rings. The van der Waals surface area contributed by atoms with E-state index in [0.29, 0.717) is 0 Å². The summed E-state index contributed by atoms with van der Waals surface area (Å²) in [6.45, 7) is 0. The Hall–Kier alpha value is -3.17. The van der Waals surface area contributed by atoms with Crippen molar-refractivity contribution in [2.24, 2.45) is 5.10 Å². The highest BCUT2D eigenvalue weighted by Gasteiger charge is 2.10. The zero-order valence-electron chi connectivity index (χ0n) is 15.7. The van der Waals surface area contributed by atoms with Gasteiger partial charge >= 0.3 is 0 Å². The molecule has 1 aliphatic carbocycles. The van der Waals surface area contributed by atoms with Crippen LogP contribution in [0.1, 0.15) is 31.2 Å². The normalized spacial score (nSPS) is 14.6. The first-order valence-corrected chi connectivity index (χ1v) is 9.25. The molecule has 0 radical (unpaired) electrons. The van der Waals surface area contributed by atoms with E-state index >= 15 is 0 Å². The van der Waals surface area contributed by atoms with E-state index in [1.165, 1.54) is 17.7 Å². The first kappa shape index (κ1) is 20.6. The van der Waals surface area contributed by atoms with E-state index in [4.69, 9.17) is 0 Å². The molecule has 0 atom stereocenters. The van der Waals surface area contributed by atoms with Crippen molar-refractivity contribution < 1.29 is 10.4 Å². The molecule has 0 spiro atoms. The number of nitrogens with one attached hydrogen (secondary N) is 1. The molecule has 1 aliphatic rings. The summed E-state index contributed by atoms with van der Waals surface area (Å²) in [5, 5.41) is 43.8. The van der Waals surface area contributed by atoms with E-state index in [2.05, 4.69) is 22.7 Å². The molecule has 0 bridgehead atoms. The zero-order valence-corrected chi connectivity index (χ0v) is 15.7. The lowest BCUT2D eigenvalue weighted by Crippen LogP contribution is -2.14. The second-order valence-corrected chi connectivity index (χ2v) is 6.62. The minimum absolute atomic E-state index is 0.168. The zero-order chi connectivity index (χ0) is 20.6. The van der Waals surface area contributed by atoms with Crippen LogP contribution in [-0.4, -0.2) is 16.6 Å². The molecular formula is C21H22N4O4-2. The number of nitrogens with zero attached hydrogens (tertiary/aromatic N) is 3. The number of hydrogen-bond donors (Lipinski definition) is 3. The minimum atomic E-state index is -0.613. The van der Waals surface area contributed by atoms with E-state index < -0.39 is 5.23 Å². The van der Waals surface area contributed by atoms with Gasteiger partial charge in [0.15, 0.2) is 0 Å². The van der Waals surface area contributed by atoms with Gasteiger partial charge in [0.2, 0.25) is 0 Å². The predicted octanol–water partition coefficient (Wildman–Crippen LogP) is 5.06. The van der Waals surface area contributed by atoms with Crippen LogP contribution in [0.4, 0.5) is 17.1 Å². The number of anilines is 3. The lowest BCUT2D eigenvalue weighted by atomic mass is 9.92. The van der Waals surface area contributed by atoms with Crippen molar-refractivity contribution in [1.82, 2.24) is 0 Å². The predicted molar refractivity (Wildman–Crippen MR) is 115 cm³/mol. The smallest absolute Gasteiger partial charge is 0.121 e. The molecule has 0 amide bonds. The summed E-state index contributed by atoms with van der Waals surface area (Å²) in [5.74, 6) is 0. The molecule has 152 valence electrons. The molecular weight excluding hydrogens is 372 g/mol. The van der Waals surface area contributed by atoms with E-state index in [9.17, 15) is 20.8 Å². The Balaban J connectivity index is 1.77. The van der Waals surface area contributed by atoms with Crippen molar-refractivity contribution in [3.63, 3.8) is 0 Å². The second-order valence-electron chi connectivity index (χ2n) is 6.62. The van der Waals surface area contributed by atoms with Gasteiger partial charge in [0, 0.05) is 5.69 Å². The van der Waals surface area contributed by atoms with Gasteiger partial charge in [0.05, 0.1) is 11.9 Å². The average Bonchev–Trinajstić information content (AvgIpc) is 2.73. The average molecular weight is 394 g/mol. The van der Waals surface area contributed by atoms with Crippen LogP contribution in [0.5, 0.6) is 0 Å². The van der Waals surface area contributed by atoms with Crippen LogP contribution in [0.15, 0.2) is 70.9 Å². The monoisotopic (exact) mass is 394 g/mol. The van der Waals surface area contributed by atoms with Gasteiger partial charge in [-0.2, -0.15) is 5.10 Å². The molecule has 0 aliphatic heterocycles. The first-order valence-electron chi connectivity index (χ1n) is 9.25. The highest BCUT2D eigenvalue weighted by Crippen LogP contribution is 2.30. The fourth-order valence-electron chi connectivity index (χ4n) is 3.12. The van der Waals surface area contributed by atoms with Gasteiger partial charge in [-0.15, -0.1) is 5.23 Å². The number of rotatable bonds is 7. The van der Waals surface area contributed by atoms with Crippen molar-refractivity contribution in [3.8, 4) is 0 Å². The van der Waals surface area contributed by atoms with E-state index in [0.717, 1.165) is 42.9 Å². The molecule has 0 saturated carbocycles. The summed E-state index contributed by atoms with van der Waals surface area (Å²) < 4.78 is 0. The van der Waals surface area contributed by atoms with Gasteiger partial charge in [-0.25, -0.2) is 0 Å². The third-order valence-corrected chi connectivity index (χ3v) is 4.64. The van der Waals surface area contributed by atoms with Crippen LogP contribution in [-0.2, 0) is 0 Å². The van der Waals surface area contributed by atoms with Crippen molar-refractivity contribution >= 4 is 29.4 Å². The van der Waals surface area contributed by atoms with Gasteiger partial charge in [0.1, 0.15) is 5.69 Å². The third-order valence-electron chi connectivity index (χ3n) is 4.64. The van der Waals surface area contributed by atoms with Crippen molar-refractivity contribution in [2.45, 2.75) is 25.7 Å². The van der Waals surface area contributed by atoms with Gasteiger partial charge in [0.25, 0.3) is 0 Å². The first-order chi connectivity index (χ1) is 14.0. The minimum Gasteiger partial charge on any atom is -0.769 e. The Morgan fingerprint density at radius 2 is 1.66 bits per heavy atom. The number of allylic oxidation sites excluding steroid dienone is 3. The van der Waals surface area contributed by atoms with Crippen LogP contribution in [0.2, 0.25) is 0 Å². The fraction of sp³-hybridized carbons (Fsp3) is 0.190. The standard InChI is InChI=1S/C21H22N4O4/c26-24(27)19-12-13-20(21(14-19)25(28)29)23-22-15-18-9-5-4-8-17(18)11-10-16-6-2-1-3-7-16/h1-3,6-7,10-15,23,28-29H,4-5,8-9H2/q-2. The largest absolute Gasteiger partial charge is 0.769 e. The number of hydrazone groups is 1. The second kappa shape index (κ2) is 9.85. The van der Waals surface area contributed by atoms with Crippen molar-refractivity contribution in [2.75, 3.05) is 15.9 Å². The van der Waals surface area contributed by atoms with Crippen LogP contribution in [0.3, 0.4) is 0 Å². The molecule has 2 aromatic carbocycles. The summed E-state index contributed by atoms with van der Waals surface area (Å²) in [7, 11) is 0. The SMILES string of the molecule is [O-]N([O-])c1ccc(NN=CC2=C(C=Cc3ccccc3)CCCC2)c(N(O)O)c1. The summed E-state index contributed by atoms with van der Waals surface area (Å²) in [6.07, 6.45) is 9.97. The molecule has 0 fully saturated rings. The van der Waals surface area contributed by atoms with E-state index in [-0.39, 0.29) is 22.3 Å². The van der Waals surface area contributed by atoms with Crippen LogP contribution in [0.25, 0.3) is 6.08 Å². The quantitative estimate of drug-likeness (QED) is 0.444. The Labute approximate surface area is 168 Å². The molecule has 29 heavy (non-hydrogen) atoms. The maximum absolute atomic E-state index is 10.9. The molecule has 0 aromatic heterocycles. The molecule has 0 saturated heterocycles. The van der Waals surface area contributed by atoms with Crippen LogP contribution >= 0.6 is 0 Å². The Kier molecular flexibility index (Phi) is 6.99. The molecule has 3 N–H and O–H groups in total. The van der Waals surface area contributed by atoms with Crippen LogP contribution in [0, 0.1) is 10.4 Å². The molecule has 8 heteroatoms. The summed E-state index contributed by atoms with van der Waals surface area (Å²) >= 11 is 0.